The van der Waals surface area contributed by atoms with Gasteiger partial charge >= 0.3 is 0 Å². The molecule has 1 aromatic heterocycles. The number of nitrogens with zero attached hydrogens (tertiary/aromatic N) is 1. The number of aromatic nitrogens is 1. The molecule has 1 heterocycles. The summed E-state index contributed by atoms with van der Waals surface area (Å²) in [4.78, 5) is 4.47. The third kappa shape index (κ3) is 2.73. The molecule has 2 rings (SSSR count). The lowest BCUT2D eigenvalue weighted by Crippen LogP contribution is -1.91. The van der Waals surface area contributed by atoms with Crippen molar-refractivity contribution < 1.29 is 0 Å². The first-order chi connectivity index (χ1) is 8.06. The first-order valence-electron chi connectivity index (χ1n) is 6.11. The molecule has 0 saturated carbocycles. The lowest BCUT2D eigenvalue weighted by molar-refractivity contribution is 0.864. The number of benzene rings is 1. The van der Waals surface area contributed by atoms with Gasteiger partial charge in [0.2, 0.25) is 0 Å². The Morgan fingerprint density at radius 2 is 1.59 bits per heavy atom. The van der Waals surface area contributed by atoms with Gasteiger partial charge in [-0.15, -0.1) is 0 Å². The van der Waals surface area contributed by atoms with Crippen LogP contribution in [0.4, 0.5) is 0 Å². The van der Waals surface area contributed by atoms with Gasteiger partial charge in [0, 0.05) is 11.8 Å². The van der Waals surface area contributed by atoms with Gasteiger partial charge in [-0.2, -0.15) is 0 Å². The average molecular weight is 225 g/mol. The van der Waals surface area contributed by atoms with Gasteiger partial charge in [0.1, 0.15) is 0 Å². The number of hydrogen-bond acceptors (Lipinski definition) is 1. The highest BCUT2D eigenvalue weighted by atomic mass is 14.7. The predicted octanol–water partition coefficient (Wildman–Crippen LogP) is 4.49. The fraction of sp³-hybridized carbons (Fsp3) is 0.312. The summed E-state index contributed by atoms with van der Waals surface area (Å²) in [5, 5.41) is 0. The molecule has 0 bridgehead atoms. The molecule has 1 heteroatoms. The predicted molar refractivity (Wildman–Crippen MR) is 73.2 cm³/mol. The monoisotopic (exact) mass is 225 g/mol. The van der Waals surface area contributed by atoms with Gasteiger partial charge in [-0.05, 0) is 49.6 Å². The van der Waals surface area contributed by atoms with Gasteiger partial charge in [0.25, 0.3) is 0 Å². The second-order valence-corrected chi connectivity index (χ2v) is 5.01. The molecule has 0 N–H and O–H groups in total. The minimum absolute atomic E-state index is 0.544. The van der Waals surface area contributed by atoms with E-state index in [2.05, 4.69) is 63.0 Å². The van der Waals surface area contributed by atoms with E-state index in [1.807, 2.05) is 6.20 Å². The molecule has 0 spiro atoms. The second-order valence-electron chi connectivity index (χ2n) is 5.01. The van der Waals surface area contributed by atoms with Crippen molar-refractivity contribution in [3.63, 3.8) is 0 Å². The molecule has 0 amide bonds. The van der Waals surface area contributed by atoms with E-state index in [-0.39, 0.29) is 0 Å². The molecule has 0 radical (unpaired) electrons. The minimum atomic E-state index is 0.544. The van der Waals surface area contributed by atoms with Crippen LogP contribution in [0.15, 0.2) is 36.5 Å². The number of hydrogen-bond donors (Lipinski definition) is 0. The van der Waals surface area contributed by atoms with Crippen LogP contribution < -0.4 is 0 Å². The topological polar surface area (TPSA) is 12.9 Å². The van der Waals surface area contributed by atoms with Crippen LogP contribution in [0.2, 0.25) is 0 Å². The molecule has 0 aliphatic carbocycles. The second kappa shape index (κ2) is 4.70. The molecule has 1 nitrogen and oxygen atoms in total. The van der Waals surface area contributed by atoms with E-state index < -0.39 is 0 Å². The lowest BCUT2D eigenvalue weighted by Gasteiger charge is -2.09. The fourth-order valence-corrected chi connectivity index (χ4v) is 2.09. The molecular formula is C16H19N. The highest BCUT2D eigenvalue weighted by Gasteiger charge is 2.04. The summed E-state index contributed by atoms with van der Waals surface area (Å²) in [7, 11) is 0. The Labute approximate surface area is 104 Å². The van der Waals surface area contributed by atoms with E-state index in [1.165, 1.54) is 22.3 Å². The van der Waals surface area contributed by atoms with Crippen molar-refractivity contribution in [2.24, 2.45) is 0 Å². The molecule has 0 aliphatic heterocycles. The largest absolute Gasteiger partial charge is 0.256 e. The van der Waals surface area contributed by atoms with Gasteiger partial charge in [-0.25, -0.2) is 0 Å². The summed E-state index contributed by atoms with van der Waals surface area (Å²) in [6.45, 7) is 8.67. The van der Waals surface area contributed by atoms with Gasteiger partial charge < -0.3 is 0 Å². The van der Waals surface area contributed by atoms with E-state index in [0.717, 1.165) is 5.69 Å². The number of pyridine rings is 1. The van der Waals surface area contributed by atoms with Crippen LogP contribution in [0, 0.1) is 13.8 Å². The van der Waals surface area contributed by atoms with Crippen LogP contribution in [-0.2, 0) is 0 Å². The van der Waals surface area contributed by atoms with Crippen molar-refractivity contribution in [1.82, 2.24) is 4.98 Å². The maximum absolute atomic E-state index is 4.47. The summed E-state index contributed by atoms with van der Waals surface area (Å²) in [6, 6.07) is 10.9. The van der Waals surface area contributed by atoms with Crippen LogP contribution in [0.1, 0.15) is 36.5 Å². The Hall–Kier alpha value is -1.63. The molecule has 0 unspecified atom stereocenters. The molecule has 17 heavy (non-hydrogen) atoms. The summed E-state index contributed by atoms with van der Waals surface area (Å²) in [6.07, 6.45) is 1.91. The SMILES string of the molecule is Cc1cc(C)cc(-c2cc(C(C)C)ccn2)c1. The Bertz CT molecular complexity index is 507. The van der Waals surface area contributed by atoms with Gasteiger partial charge in [-0.3, -0.25) is 4.98 Å². The van der Waals surface area contributed by atoms with E-state index in [1.54, 1.807) is 0 Å². The van der Waals surface area contributed by atoms with Crippen LogP contribution >= 0.6 is 0 Å². The van der Waals surface area contributed by atoms with E-state index in [0.29, 0.717) is 5.92 Å². The summed E-state index contributed by atoms with van der Waals surface area (Å²) in [5.41, 5.74) is 6.20. The summed E-state index contributed by atoms with van der Waals surface area (Å²) >= 11 is 0. The van der Waals surface area contributed by atoms with Crippen molar-refractivity contribution in [3.05, 3.63) is 53.2 Å². The van der Waals surface area contributed by atoms with Crippen molar-refractivity contribution in [2.45, 2.75) is 33.6 Å². The smallest absolute Gasteiger partial charge is 0.0704 e. The lowest BCUT2D eigenvalue weighted by atomic mass is 10.00. The van der Waals surface area contributed by atoms with Crippen molar-refractivity contribution in [3.8, 4) is 11.3 Å². The molecule has 0 aliphatic rings. The first-order valence-corrected chi connectivity index (χ1v) is 6.11. The van der Waals surface area contributed by atoms with Crippen LogP contribution in [0.5, 0.6) is 0 Å². The van der Waals surface area contributed by atoms with Crippen molar-refractivity contribution in [1.29, 1.82) is 0 Å². The van der Waals surface area contributed by atoms with Crippen molar-refractivity contribution in [2.75, 3.05) is 0 Å². The molecule has 0 fully saturated rings. The normalized spacial score (nSPS) is 10.9. The maximum atomic E-state index is 4.47. The maximum Gasteiger partial charge on any atom is 0.0704 e. The summed E-state index contributed by atoms with van der Waals surface area (Å²) < 4.78 is 0. The Morgan fingerprint density at radius 3 is 2.18 bits per heavy atom. The van der Waals surface area contributed by atoms with Gasteiger partial charge in [0.15, 0.2) is 0 Å². The molecule has 1 aromatic carbocycles. The number of rotatable bonds is 2. The van der Waals surface area contributed by atoms with Crippen LogP contribution in [0.3, 0.4) is 0 Å². The van der Waals surface area contributed by atoms with E-state index >= 15 is 0 Å². The highest BCUT2D eigenvalue weighted by Crippen LogP contribution is 2.23. The van der Waals surface area contributed by atoms with Gasteiger partial charge in [-0.1, -0.05) is 31.0 Å². The Kier molecular flexibility index (Phi) is 3.28. The third-order valence-electron chi connectivity index (χ3n) is 2.97. The fourth-order valence-electron chi connectivity index (χ4n) is 2.09. The molecular weight excluding hydrogens is 206 g/mol. The van der Waals surface area contributed by atoms with Crippen LogP contribution in [-0.4, -0.2) is 4.98 Å². The number of aryl methyl sites for hydroxylation is 2. The highest BCUT2D eigenvalue weighted by molar-refractivity contribution is 5.61. The zero-order valence-electron chi connectivity index (χ0n) is 11.0. The quantitative estimate of drug-likeness (QED) is 0.734. The molecule has 0 atom stereocenters. The first kappa shape index (κ1) is 11.8. The van der Waals surface area contributed by atoms with E-state index in [4.69, 9.17) is 0 Å². The Balaban J connectivity index is 2.49. The van der Waals surface area contributed by atoms with Crippen molar-refractivity contribution >= 4 is 0 Å². The zero-order chi connectivity index (χ0) is 12.4. The third-order valence-corrected chi connectivity index (χ3v) is 2.97. The Morgan fingerprint density at radius 1 is 0.941 bits per heavy atom. The minimum Gasteiger partial charge on any atom is -0.256 e. The average Bonchev–Trinajstić information content (AvgIpc) is 2.28. The molecule has 2 aromatic rings. The zero-order valence-corrected chi connectivity index (χ0v) is 11.0. The van der Waals surface area contributed by atoms with Crippen LogP contribution in [0.25, 0.3) is 11.3 Å². The van der Waals surface area contributed by atoms with E-state index in [9.17, 15) is 0 Å². The molecule has 88 valence electrons. The summed E-state index contributed by atoms with van der Waals surface area (Å²) in [5.74, 6) is 0.544. The molecule has 0 saturated heterocycles. The van der Waals surface area contributed by atoms with Gasteiger partial charge in [0.05, 0.1) is 5.69 Å². The standard InChI is InChI=1S/C16H19N/c1-11(2)14-5-6-17-16(10-14)15-8-12(3)7-13(4)9-15/h5-11H,1-4H3.